The summed E-state index contributed by atoms with van der Waals surface area (Å²) in [5.41, 5.74) is -0.338. The Morgan fingerprint density at radius 3 is 2.91 bits per heavy atom. The van der Waals surface area contributed by atoms with Gasteiger partial charge in [-0.3, -0.25) is 0 Å². The van der Waals surface area contributed by atoms with Crippen LogP contribution < -0.4 is 0 Å². The van der Waals surface area contributed by atoms with Gasteiger partial charge in [-0.15, -0.1) is 0 Å². The molecule has 0 amide bonds. The predicted molar refractivity (Wildman–Crippen MR) is 41.1 cm³/mol. The molecule has 64 valence electrons. The summed E-state index contributed by atoms with van der Waals surface area (Å²) in [5, 5.41) is 9.16. The van der Waals surface area contributed by atoms with E-state index in [0.717, 1.165) is 0 Å². The molecule has 0 aromatic rings. The molecule has 0 spiro atoms. The van der Waals surface area contributed by atoms with Gasteiger partial charge in [0.2, 0.25) is 0 Å². The monoisotopic (exact) mass is 158 g/mol. The number of aliphatic hydroxyl groups excluding tert-OH is 1. The Hall–Kier alpha value is -0.380. The first kappa shape index (κ1) is 8.71. The van der Waals surface area contributed by atoms with E-state index in [1.165, 1.54) is 0 Å². The fourth-order valence-corrected chi connectivity index (χ4v) is 1.17. The van der Waals surface area contributed by atoms with Crippen LogP contribution in [-0.4, -0.2) is 30.7 Å². The van der Waals surface area contributed by atoms with Gasteiger partial charge >= 0.3 is 0 Å². The molecule has 1 N–H and O–H groups in total. The Morgan fingerprint density at radius 2 is 2.45 bits per heavy atom. The molecule has 3 nitrogen and oxygen atoms in total. The van der Waals surface area contributed by atoms with E-state index in [9.17, 15) is 0 Å². The maximum Gasteiger partial charge on any atom is 0.147 e. The maximum atomic E-state index is 9.16. The van der Waals surface area contributed by atoms with Gasteiger partial charge < -0.3 is 14.6 Å². The molecule has 11 heavy (non-hydrogen) atoms. The van der Waals surface area contributed by atoms with Crippen LogP contribution in [0.15, 0.2) is 12.2 Å². The Kier molecular flexibility index (Phi) is 2.65. The highest BCUT2D eigenvalue weighted by Gasteiger charge is 2.29. The van der Waals surface area contributed by atoms with Crippen LogP contribution in [0, 0.1) is 0 Å². The predicted octanol–water partition coefficient (Wildman–Crippen LogP) is 0.686. The third-order valence-corrected chi connectivity index (χ3v) is 1.79. The van der Waals surface area contributed by atoms with Crippen molar-refractivity contribution in [2.45, 2.75) is 25.0 Å². The van der Waals surface area contributed by atoms with Crippen molar-refractivity contribution < 1.29 is 14.6 Å². The quantitative estimate of drug-likeness (QED) is 0.485. The van der Waals surface area contributed by atoms with E-state index in [0.29, 0.717) is 6.42 Å². The van der Waals surface area contributed by atoms with Gasteiger partial charge in [0.1, 0.15) is 6.79 Å². The zero-order valence-corrected chi connectivity index (χ0v) is 6.91. The summed E-state index contributed by atoms with van der Waals surface area (Å²) in [5.74, 6) is 0. The van der Waals surface area contributed by atoms with Gasteiger partial charge in [-0.2, -0.15) is 0 Å². The molecule has 0 bridgehead atoms. The zero-order chi connectivity index (χ0) is 8.32. The number of aliphatic hydroxyl groups is 1. The van der Waals surface area contributed by atoms with E-state index in [2.05, 4.69) is 0 Å². The van der Waals surface area contributed by atoms with Gasteiger partial charge in [0, 0.05) is 13.5 Å². The summed E-state index contributed by atoms with van der Waals surface area (Å²) >= 11 is 0. The molecular weight excluding hydrogens is 144 g/mol. The molecule has 0 radical (unpaired) electrons. The number of methoxy groups -OCH3 is 1. The molecule has 0 fully saturated rings. The minimum absolute atomic E-state index is 0.271. The van der Waals surface area contributed by atoms with Crippen molar-refractivity contribution in [3.63, 3.8) is 0 Å². The molecule has 1 rings (SSSR count). The molecule has 0 aromatic carbocycles. The van der Waals surface area contributed by atoms with Crippen LogP contribution in [0.1, 0.15) is 13.3 Å². The number of hydrogen-bond donors (Lipinski definition) is 1. The lowest BCUT2D eigenvalue weighted by atomic mass is 10.1. The average Bonchev–Trinajstić information content (AvgIpc) is 2.28. The molecule has 3 heteroatoms. The van der Waals surface area contributed by atoms with Crippen LogP contribution in [0.2, 0.25) is 0 Å². The highest BCUT2D eigenvalue weighted by Crippen LogP contribution is 2.26. The van der Waals surface area contributed by atoms with E-state index in [-0.39, 0.29) is 18.5 Å². The van der Waals surface area contributed by atoms with Crippen molar-refractivity contribution in [3.05, 3.63) is 12.2 Å². The van der Waals surface area contributed by atoms with E-state index >= 15 is 0 Å². The fraction of sp³-hybridized carbons (Fsp3) is 0.750. The molecule has 0 saturated heterocycles. The van der Waals surface area contributed by atoms with Crippen LogP contribution in [0.3, 0.4) is 0 Å². The number of hydrogen-bond acceptors (Lipinski definition) is 3. The minimum Gasteiger partial charge on any atom is -0.389 e. The molecule has 0 heterocycles. The van der Waals surface area contributed by atoms with Gasteiger partial charge in [-0.25, -0.2) is 0 Å². The lowest BCUT2D eigenvalue weighted by molar-refractivity contribution is -0.105. The standard InChI is InChI=1S/C8H14O3/c1-8(11-6-10-2)4-3-7(9)5-8/h3-4,7,9H,5-6H2,1-2H3/t7-,8+/m0/s1. The first-order chi connectivity index (χ1) is 5.16. The third-order valence-electron chi connectivity index (χ3n) is 1.79. The average molecular weight is 158 g/mol. The van der Waals surface area contributed by atoms with Gasteiger partial charge in [-0.05, 0) is 6.92 Å². The Labute approximate surface area is 66.6 Å². The van der Waals surface area contributed by atoms with Crippen LogP contribution in [0.4, 0.5) is 0 Å². The molecule has 1 aliphatic carbocycles. The molecule has 1 aliphatic rings. The van der Waals surface area contributed by atoms with E-state index in [4.69, 9.17) is 14.6 Å². The second-order valence-corrected chi connectivity index (χ2v) is 2.99. The van der Waals surface area contributed by atoms with Crippen molar-refractivity contribution in [2.24, 2.45) is 0 Å². The summed E-state index contributed by atoms with van der Waals surface area (Å²) in [6.45, 7) is 2.20. The summed E-state index contributed by atoms with van der Waals surface area (Å²) < 4.78 is 10.1. The Balaban J connectivity index is 2.37. The topological polar surface area (TPSA) is 38.7 Å². The second kappa shape index (κ2) is 3.34. The molecule has 0 saturated carbocycles. The summed E-state index contributed by atoms with van der Waals surface area (Å²) in [6.07, 6.45) is 3.87. The van der Waals surface area contributed by atoms with Crippen LogP contribution in [0.25, 0.3) is 0 Å². The van der Waals surface area contributed by atoms with Crippen LogP contribution in [-0.2, 0) is 9.47 Å². The van der Waals surface area contributed by atoms with Crippen molar-refractivity contribution in [2.75, 3.05) is 13.9 Å². The zero-order valence-electron chi connectivity index (χ0n) is 6.91. The molecule has 0 unspecified atom stereocenters. The molecule has 2 atom stereocenters. The normalized spacial score (nSPS) is 36.5. The van der Waals surface area contributed by atoms with Gasteiger partial charge in [-0.1, -0.05) is 12.2 Å². The first-order valence-electron chi connectivity index (χ1n) is 3.67. The fourth-order valence-electron chi connectivity index (χ4n) is 1.17. The van der Waals surface area contributed by atoms with Crippen LogP contribution >= 0.6 is 0 Å². The second-order valence-electron chi connectivity index (χ2n) is 2.99. The van der Waals surface area contributed by atoms with E-state index < -0.39 is 0 Å². The number of ether oxygens (including phenoxy) is 2. The van der Waals surface area contributed by atoms with E-state index in [1.54, 1.807) is 13.2 Å². The summed E-state index contributed by atoms with van der Waals surface area (Å²) in [7, 11) is 1.58. The molecule has 0 aliphatic heterocycles. The SMILES string of the molecule is COCO[C@]1(C)C=C[C@H](O)C1. The maximum absolute atomic E-state index is 9.16. The van der Waals surface area contributed by atoms with Gasteiger partial charge in [0.05, 0.1) is 11.7 Å². The highest BCUT2D eigenvalue weighted by atomic mass is 16.7. The first-order valence-corrected chi connectivity index (χ1v) is 3.67. The summed E-state index contributed by atoms with van der Waals surface area (Å²) in [4.78, 5) is 0. The smallest absolute Gasteiger partial charge is 0.147 e. The third kappa shape index (κ3) is 2.29. The van der Waals surface area contributed by atoms with Crippen molar-refractivity contribution >= 4 is 0 Å². The lowest BCUT2D eigenvalue weighted by Gasteiger charge is -2.22. The highest BCUT2D eigenvalue weighted by molar-refractivity contribution is 5.11. The van der Waals surface area contributed by atoms with Crippen molar-refractivity contribution in [3.8, 4) is 0 Å². The summed E-state index contributed by atoms with van der Waals surface area (Å²) in [6, 6.07) is 0. The van der Waals surface area contributed by atoms with Crippen molar-refractivity contribution in [1.82, 2.24) is 0 Å². The Bertz CT molecular complexity index is 155. The minimum atomic E-state index is -0.364. The number of rotatable bonds is 3. The largest absolute Gasteiger partial charge is 0.389 e. The van der Waals surface area contributed by atoms with E-state index in [1.807, 2.05) is 13.0 Å². The van der Waals surface area contributed by atoms with Crippen molar-refractivity contribution in [1.29, 1.82) is 0 Å². The van der Waals surface area contributed by atoms with Gasteiger partial charge in [0.25, 0.3) is 0 Å². The Morgan fingerprint density at radius 1 is 1.73 bits per heavy atom. The van der Waals surface area contributed by atoms with Crippen LogP contribution in [0.5, 0.6) is 0 Å². The molecule has 0 aromatic heterocycles. The molecular formula is C8H14O3. The lowest BCUT2D eigenvalue weighted by Crippen LogP contribution is -2.26. The van der Waals surface area contributed by atoms with Gasteiger partial charge in [0.15, 0.2) is 0 Å².